The van der Waals surface area contributed by atoms with Gasteiger partial charge in [0, 0.05) is 25.2 Å². The summed E-state index contributed by atoms with van der Waals surface area (Å²) in [6, 6.07) is 0. The van der Waals surface area contributed by atoms with E-state index in [0.717, 1.165) is 30.4 Å². The van der Waals surface area contributed by atoms with Crippen LogP contribution in [-0.2, 0) is 23.8 Å². The Bertz CT molecular complexity index is 1340. The normalized spacial score (nSPS) is 37.1. The van der Waals surface area contributed by atoms with Crippen LogP contribution in [0.4, 0.5) is 0 Å². The molecule has 3 fully saturated rings. The van der Waals surface area contributed by atoms with E-state index in [1.54, 1.807) is 0 Å². The fourth-order valence-corrected chi connectivity index (χ4v) is 8.28. The van der Waals surface area contributed by atoms with Gasteiger partial charge >= 0.3 is 11.9 Å². The minimum atomic E-state index is -1.00. The molecular weight excluding hydrogens is 580 g/mol. The first kappa shape index (κ1) is 36.1. The molecule has 7 atom stereocenters. The molecule has 2 heterocycles. The molecule has 0 radical (unpaired) electrons. The Balaban J connectivity index is 1.24. The van der Waals surface area contributed by atoms with E-state index >= 15 is 0 Å². The molecule has 1 saturated heterocycles. The minimum Gasteiger partial charge on any atom is -0.462 e. The molecule has 0 spiro atoms. The Hall–Kier alpha value is -2.74. The van der Waals surface area contributed by atoms with Crippen molar-refractivity contribution in [2.75, 3.05) is 0 Å². The van der Waals surface area contributed by atoms with Gasteiger partial charge in [0.15, 0.2) is 0 Å². The van der Waals surface area contributed by atoms with Gasteiger partial charge in [-0.2, -0.15) is 0 Å². The summed E-state index contributed by atoms with van der Waals surface area (Å²) >= 11 is 0. The topological polar surface area (TPSA) is 106 Å². The predicted octanol–water partition coefficient (Wildman–Crippen LogP) is 7.60. The molecule has 7 nitrogen and oxygen atoms in total. The van der Waals surface area contributed by atoms with E-state index in [9.17, 15) is 19.8 Å². The largest absolute Gasteiger partial charge is 0.462 e. The van der Waals surface area contributed by atoms with Gasteiger partial charge in [0.2, 0.25) is 0 Å². The molecule has 2 N–H and O–H groups in total. The zero-order valence-corrected chi connectivity index (χ0v) is 29.4. The molecule has 254 valence electrons. The van der Waals surface area contributed by atoms with E-state index in [1.807, 2.05) is 51.2 Å². The molecule has 46 heavy (non-hydrogen) atoms. The van der Waals surface area contributed by atoms with Crippen LogP contribution in [0.25, 0.3) is 0 Å². The van der Waals surface area contributed by atoms with Crippen LogP contribution in [0.2, 0.25) is 0 Å². The highest BCUT2D eigenvalue weighted by atomic mass is 16.6. The van der Waals surface area contributed by atoms with Crippen LogP contribution in [0, 0.1) is 22.7 Å². The van der Waals surface area contributed by atoms with Crippen LogP contribution in [0.15, 0.2) is 71.6 Å². The van der Waals surface area contributed by atoms with Crippen molar-refractivity contribution in [2.45, 2.75) is 136 Å². The summed E-state index contributed by atoms with van der Waals surface area (Å²) in [5, 5.41) is 21.5. The lowest BCUT2D eigenvalue weighted by Gasteiger charge is -2.46. The number of allylic oxidation sites excluding steroid dienone is 7. The third kappa shape index (κ3) is 8.03. The minimum absolute atomic E-state index is 0.232. The average Bonchev–Trinajstić information content (AvgIpc) is 3.36. The van der Waals surface area contributed by atoms with Gasteiger partial charge in [-0.05, 0) is 87.5 Å². The van der Waals surface area contributed by atoms with Crippen LogP contribution < -0.4 is 0 Å². The smallest absolute Gasteiger partial charge is 0.322 e. The Labute approximate surface area is 276 Å². The first-order chi connectivity index (χ1) is 21.3. The van der Waals surface area contributed by atoms with Crippen LogP contribution in [0.3, 0.4) is 0 Å². The standard InChI is InChI=1S/C39H56O7/c1-26(16-17-33-35(4,5)24-32(44-28(3)40)25-37(33,8)43)14-12-10-11-13-15-27(2)20-31-21-29(34(42)45-31)18-19-39-36(6,7)22-30(41)23-38(39,9)46-39/h12-15,17-21,26,29-30,32,41,43H,10-11,16,22-25H2,1-9H3/b14-12+,15-13+,19-18+,27-20+,33-17?/t26?,29?,30-,32-,37+,38+,39-/m0/s1. The van der Waals surface area contributed by atoms with Gasteiger partial charge in [-0.3, -0.25) is 9.59 Å². The number of fused-ring (bicyclic) bond motifs is 1. The highest BCUT2D eigenvalue weighted by Gasteiger charge is 2.74. The van der Waals surface area contributed by atoms with Crippen LogP contribution in [0.1, 0.15) is 107 Å². The number of rotatable bonds is 11. The van der Waals surface area contributed by atoms with Gasteiger partial charge < -0.3 is 24.4 Å². The van der Waals surface area contributed by atoms with E-state index in [0.29, 0.717) is 37.4 Å². The van der Waals surface area contributed by atoms with Gasteiger partial charge in [0.25, 0.3) is 0 Å². The number of esters is 2. The van der Waals surface area contributed by atoms with Crippen molar-refractivity contribution < 1.29 is 34.0 Å². The molecule has 4 rings (SSSR count). The Morgan fingerprint density at radius 3 is 2.41 bits per heavy atom. The zero-order valence-electron chi connectivity index (χ0n) is 29.4. The lowest BCUT2D eigenvalue weighted by atomic mass is 9.63. The number of aliphatic hydroxyl groups is 2. The number of carbonyl (C=O) groups is 2. The fraction of sp³-hybridized carbons (Fsp3) is 0.641. The Morgan fingerprint density at radius 2 is 1.76 bits per heavy atom. The SMILES string of the molecule is CC(=O)O[C@H]1CC(C)(C)C(=CCC(C)/C=C/CC/C=C/C(C)=C/C2=CC(/C=C/[C@@]34O[C@]3(C)C[C@@H](O)CC4(C)C)C(=O)O2)[C@](C)(O)C1. The highest BCUT2D eigenvalue weighted by Crippen LogP contribution is 2.66. The van der Waals surface area contributed by atoms with Crippen molar-refractivity contribution >= 4 is 11.9 Å². The van der Waals surface area contributed by atoms with Crippen molar-refractivity contribution in [1.82, 2.24) is 0 Å². The van der Waals surface area contributed by atoms with Crippen molar-refractivity contribution in [3.63, 3.8) is 0 Å². The molecule has 2 saturated carbocycles. The maximum atomic E-state index is 12.6. The molecule has 2 aliphatic heterocycles. The van der Waals surface area contributed by atoms with Crippen molar-refractivity contribution in [2.24, 2.45) is 22.7 Å². The summed E-state index contributed by atoms with van der Waals surface area (Å²) in [7, 11) is 0. The predicted molar refractivity (Wildman–Crippen MR) is 180 cm³/mol. The zero-order chi connectivity index (χ0) is 34.1. The average molecular weight is 637 g/mol. The van der Waals surface area contributed by atoms with Gasteiger partial charge in [-0.15, -0.1) is 0 Å². The summed E-state index contributed by atoms with van der Waals surface area (Å²) in [4.78, 5) is 24.1. The molecule has 0 aromatic carbocycles. The summed E-state index contributed by atoms with van der Waals surface area (Å²) in [6.07, 6.45) is 22.8. The lowest BCUT2D eigenvalue weighted by molar-refractivity contribution is -0.152. The number of aliphatic hydroxyl groups excluding tert-OH is 1. The molecule has 2 unspecified atom stereocenters. The van der Waals surface area contributed by atoms with Crippen molar-refractivity contribution in [1.29, 1.82) is 0 Å². The Kier molecular flexibility index (Phi) is 10.5. The van der Waals surface area contributed by atoms with Gasteiger partial charge in [0.1, 0.15) is 23.1 Å². The number of hydrogen-bond donors (Lipinski definition) is 2. The summed E-state index contributed by atoms with van der Waals surface area (Å²) in [5.41, 5.74) is -0.340. The number of carbonyl (C=O) groups excluding carboxylic acids is 2. The van der Waals surface area contributed by atoms with E-state index in [4.69, 9.17) is 14.2 Å². The Morgan fingerprint density at radius 1 is 1.07 bits per heavy atom. The number of cyclic esters (lactones) is 1. The second-order valence-corrected chi connectivity index (χ2v) is 15.8. The van der Waals surface area contributed by atoms with E-state index < -0.39 is 22.7 Å². The first-order valence-corrected chi connectivity index (χ1v) is 16.9. The molecule has 4 aliphatic rings. The second kappa shape index (κ2) is 13.4. The molecular formula is C39H56O7. The van der Waals surface area contributed by atoms with E-state index in [1.165, 1.54) is 6.92 Å². The third-order valence-corrected chi connectivity index (χ3v) is 10.3. The molecule has 0 bridgehead atoms. The summed E-state index contributed by atoms with van der Waals surface area (Å²) in [6.45, 7) is 17.9. The summed E-state index contributed by atoms with van der Waals surface area (Å²) in [5.74, 6) is -0.159. The number of epoxide rings is 1. The molecule has 0 amide bonds. The molecule has 0 aromatic heterocycles. The van der Waals surface area contributed by atoms with Crippen LogP contribution in [0.5, 0.6) is 0 Å². The fourth-order valence-electron chi connectivity index (χ4n) is 8.28. The second-order valence-electron chi connectivity index (χ2n) is 15.8. The van der Waals surface area contributed by atoms with Gasteiger partial charge in [0.05, 0.1) is 17.6 Å². The van der Waals surface area contributed by atoms with E-state index in [2.05, 4.69) is 58.9 Å². The van der Waals surface area contributed by atoms with Crippen LogP contribution >= 0.6 is 0 Å². The van der Waals surface area contributed by atoms with Crippen LogP contribution in [-0.4, -0.2) is 51.2 Å². The number of ether oxygens (including phenoxy) is 3. The van der Waals surface area contributed by atoms with Gasteiger partial charge in [-0.25, -0.2) is 0 Å². The quantitative estimate of drug-likeness (QED) is 0.0791. The number of hydrogen-bond acceptors (Lipinski definition) is 7. The monoisotopic (exact) mass is 636 g/mol. The van der Waals surface area contributed by atoms with Crippen molar-refractivity contribution in [3.8, 4) is 0 Å². The maximum absolute atomic E-state index is 12.6. The van der Waals surface area contributed by atoms with E-state index in [-0.39, 0.29) is 35.0 Å². The first-order valence-electron chi connectivity index (χ1n) is 16.9. The molecule has 2 aliphatic carbocycles. The highest BCUT2D eigenvalue weighted by molar-refractivity contribution is 5.81. The molecule has 0 aromatic rings. The van der Waals surface area contributed by atoms with Crippen molar-refractivity contribution in [3.05, 3.63) is 71.6 Å². The maximum Gasteiger partial charge on any atom is 0.322 e. The molecule has 7 heteroatoms. The summed E-state index contributed by atoms with van der Waals surface area (Å²) < 4.78 is 17.2. The third-order valence-electron chi connectivity index (χ3n) is 10.3. The lowest BCUT2D eigenvalue weighted by Crippen LogP contribution is -2.46. The number of unbranched alkanes of at least 4 members (excludes halogenated alkanes) is 1. The van der Waals surface area contributed by atoms with Gasteiger partial charge in [-0.1, -0.05) is 77.2 Å².